The first kappa shape index (κ1) is 16.8. The molecule has 3 rings (SSSR count). The molecular formula is C19H20Br2O2. The maximum absolute atomic E-state index is 10.5. The number of rotatable bonds is 4. The highest BCUT2D eigenvalue weighted by atomic mass is 79.9. The number of benzene rings is 2. The third kappa shape index (κ3) is 2.91. The van der Waals surface area contributed by atoms with Gasteiger partial charge in [0.25, 0.3) is 0 Å². The minimum atomic E-state index is -0.110. The van der Waals surface area contributed by atoms with Crippen molar-refractivity contribution in [1.82, 2.24) is 0 Å². The summed E-state index contributed by atoms with van der Waals surface area (Å²) in [4.78, 5) is 0. The summed E-state index contributed by atoms with van der Waals surface area (Å²) >= 11 is 7.04. The second-order valence-electron chi connectivity index (χ2n) is 6.36. The molecule has 1 aliphatic rings. The quantitative estimate of drug-likeness (QED) is 0.591. The van der Waals surface area contributed by atoms with Gasteiger partial charge in [0, 0.05) is 19.9 Å². The molecule has 2 unspecified atom stereocenters. The first-order valence-electron chi connectivity index (χ1n) is 7.95. The van der Waals surface area contributed by atoms with E-state index in [4.69, 9.17) is 0 Å². The Hall–Kier alpha value is -1.00. The van der Waals surface area contributed by atoms with Crippen LogP contribution in [0.5, 0.6) is 11.5 Å². The molecule has 23 heavy (non-hydrogen) atoms. The molecule has 0 saturated heterocycles. The first-order valence-corrected chi connectivity index (χ1v) is 9.54. The van der Waals surface area contributed by atoms with Crippen LogP contribution in [0.4, 0.5) is 0 Å². The van der Waals surface area contributed by atoms with Crippen LogP contribution < -0.4 is 0 Å². The Morgan fingerprint density at radius 1 is 1.04 bits per heavy atom. The molecule has 2 N–H and O–H groups in total. The molecule has 2 aromatic rings. The van der Waals surface area contributed by atoms with Crippen LogP contribution in [-0.2, 0) is 5.41 Å². The second kappa shape index (κ2) is 6.48. The standard InChI is InChI=1S/C19H20Br2O2/c1-2-8-19(16-11-13(21)4-6-18(16)23)9-7-15(19)14-10-12(20)3-5-17(14)22/h3-6,10-11,15,22-23H,2,7-9H2,1H3. The van der Waals surface area contributed by atoms with E-state index in [9.17, 15) is 10.2 Å². The Balaban J connectivity index is 2.11. The highest BCUT2D eigenvalue weighted by Crippen LogP contribution is 2.60. The van der Waals surface area contributed by atoms with Crippen LogP contribution in [0.15, 0.2) is 45.3 Å². The van der Waals surface area contributed by atoms with Gasteiger partial charge in [-0.05, 0) is 67.1 Å². The predicted octanol–water partition coefficient (Wildman–Crippen LogP) is 6.24. The van der Waals surface area contributed by atoms with E-state index >= 15 is 0 Å². The molecule has 2 aromatic carbocycles. The fraction of sp³-hybridized carbons (Fsp3) is 0.368. The van der Waals surface area contributed by atoms with Crippen molar-refractivity contribution in [3.05, 3.63) is 56.5 Å². The van der Waals surface area contributed by atoms with Gasteiger partial charge in [-0.2, -0.15) is 0 Å². The van der Waals surface area contributed by atoms with Gasteiger partial charge in [0.05, 0.1) is 0 Å². The lowest BCUT2D eigenvalue weighted by molar-refractivity contribution is 0.166. The van der Waals surface area contributed by atoms with E-state index < -0.39 is 0 Å². The summed E-state index contributed by atoms with van der Waals surface area (Å²) in [7, 11) is 0. The van der Waals surface area contributed by atoms with Crippen LogP contribution in [0.2, 0.25) is 0 Å². The van der Waals surface area contributed by atoms with Gasteiger partial charge in [-0.15, -0.1) is 0 Å². The van der Waals surface area contributed by atoms with Crippen molar-refractivity contribution in [3.63, 3.8) is 0 Å². The summed E-state index contributed by atoms with van der Waals surface area (Å²) in [5.41, 5.74) is 1.85. The number of aromatic hydroxyl groups is 2. The normalized spacial score (nSPS) is 23.5. The number of hydrogen-bond acceptors (Lipinski definition) is 2. The fourth-order valence-electron chi connectivity index (χ4n) is 4.00. The first-order chi connectivity index (χ1) is 11.0. The van der Waals surface area contributed by atoms with E-state index in [-0.39, 0.29) is 11.3 Å². The summed E-state index contributed by atoms with van der Waals surface area (Å²) in [6, 6.07) is 11.3. The molecule has 0 aromatic heterocycles. The minimum absolute atomic E-state index is 0.110. The lowest BCUT2D eigenvalue weighted by Crippen LogP contribution is -2.42. The van der Waals surface area contributed by atoms with Crippen molar-refractivity contribution in [1.29, 1.82) is 0 Å². The third-order valence-electron chi connectivity index (χ3n) is 5.10. The van der Waals surface area contributed by atoms with Crippen molar-refractivity contribution in [2.45, 2.75) is 43.9 Å². The second-order valence-corrected chi connectivity index (χ2v) is 8.19. The zero-order chi connectivity index (χ0) is 16.6. The van der Waals surface area contributed by atoms with Crippen LogP contribution >= 0.6 is 31.9 Å². The number of halogens is 2. The van der Waals surface area contributed by atoms with Crippen molar-refractivity contribution < 1.29 is 10.2 Å². The molecule has 1 fully saturated rings. The van der Waals surface area contributed by atoms with Crippen LogP contribution in [0.25, 0.3) is 0 Å². The van der Waals surface area contributed by atoms with Crippen LogP contribution in [-0.4, -0.2) is 10.2 Å². The Bertz CT molecular complexity index is 729. The summed E-state index contributed by atoms with van der Waals surface area (Å²) in [5.74, 6) is 0.911. The largest absolute Gasteiger partial charge is 0.508 e. The molecule has 0 radical (unpaired) electrons. The number of phenols is 2. The van der Waals surface area contributed by atoms with Gasteiger partial charge in [0.1, 0.15) is 11.5 Å². The average Bonchev–Trinajstić information content (AvgIpc) is 2.50. The van der Waals surface area contributed by atoms with Crippen LogP contribution in [0.1, 0.15) is 49.7 Å². The Morgan fingerprint density at radius 3 is 2.30 bits per heavy atom. The maximum Gasteiger partial charge on any atom is 0.119 e. The van der Waals surface area contributed by atoms with Crippen LogP contribution in [0.3, 0.4) is 0 Å². The summed E-state index contributed by atoms with van der Waals surface area (Å²) in [6.45, 7) is 2.17. The molecule has 0 heterocycles. The summed E-state index contributed by atoms with van der Waals surface area (Å²) < 4.78 is 1.95. The molecule has 0 spiro atoms. The summed E-state index contributed by atoms with van der Waals surface area (Å²) in [6.07, 6.45) is 4.09. The van der Waals surface area contributed by atoms with Crippen molar-refractivity contribution in [2.75, 3.05) is 0 Å². The third-order valence-corrected chi connectivity index (χ3v) is 6.09. The van der Waals surface area contributed by atoms with Gasteiger partial charge in [-0.1, -0.05) is 45.2 Å². The molecule has 4 heteroatoms. The van der Waals surface area contributed by atoms with Crippen LogP contribution in [0, 0.1) is 0 Å². The van der Waals surface area contributed by atoms with Gasteiger partial charge in [0.15, 0.2) is 0 Å². The van der Waals surface area contributed by atoms with E-state index in [2.05, 4.69) is 38.8 Å². The molecule has 0 amide bonds. The van der Waals surface area contributed by atoms with E-state index in [1.165, 1.54) is 0 Å². The van der Waals surface area contributed by atoms with Gasteiger partial charge >= 0.3 is 0 Å². The Kier molecular flexibility index (Phi) is 4.75. The molecular weight excluding hydrogens is 420 g/mol. The molecule has 0 bridgehead atoms. The summed E-state index contributed by atoms with van der Waals surface area (Å²) in [5, 5.41) is 20.8. The van der Waals surface area contributed by atoms with Gasteiger partial charge < -0.3 is 10.2 Å². The molecule has 1 saturated carbocycles. The van der Waals surface area contributed by atoms with Gasteiger partial charge in [-0.3, -0.25) is 0 Å². The molecule has 2 nitrogen and oxygen atoms in total. The smallest absolute Gasteiger partial charge is 0.119 e. The topological polar surface area (TPSA) is 40.5 Å². The van der Waals surface area contributed by atoms with Crippen molar-refractivity contribution in [2.24, 2.45) is 0 Å². The van der Waals surface area contributed by atoms with E-state index in [1.54, 1.807) is 12.1 Å². The predicted molar refractivity (Wildman–Crippen MR) is 100 cm³/mol. The Labute approximate surface area is 153 Å². The van der Waals surface area contributed by atoms with E-state index in [0.717, 1.165) is 45.8 Å². The van der Waals surface area contributed by atoms with Gasteiger partial charge in [0.2, 0.25) is 0 Å². The zero-order valence-corrected chi connectivity index (χ0v) is 16.2. The molecule has 1 aliphatic carbocycles. The van der Waals surface area contributed by atoms with Crippen molar-refractivity contribution in [3.8, 4) is 11.5 Å². The molecule has 2 atom stereocenters. The fourth-order valence-corrected chi connectivity index (χ4v) is 4.74. The van der Waals surface area contributed by atoms with E-state index in [0.29, 0.717) is 11.5 Å². The molecule has 122 valence electrons. The zero-order valence-electron chi connectivity index (χ0n) is 13.0. The van der Waals surface area contributed by atoms with Crippen molar-refractivity contribution >= 4 is 31.9 Å². The average molecular weight is 440 g/mol. The monoisotopic (exact) mass is 438 g/mol. The highest BCUT2D eigenvalue weighted by Gasteiger charge is 2.50. The number of phenolic OH excluding ortho intramolecular Hbond substituents is 2. The van der Waals surface area contributed by atoms with Gasteiger partial charge in [-0.25, -0.2) is 0 Å². The highest BCUT2D eigenvalue weighted by molar-refractivity contribution is 9.10. The maximum atomic E-state index is 10.5. The lowest BCUT2D eigenvalue weighted by Gasteiger charge is -2.51. The SMILES string of the molecule is CCCC1(c2cc(Br)ccc2O)CCC1c1cc(Br)ccc1O. The minimum Gasteiger partial charge on any atom is -0.508 e. The lowest BCUT2D eigenvalue weighted by atomic mass is 9.52. The molecule has 0 aliphatic heterocycles. The number of hydrogen-bond donors (Lipinski definition) is 2. The van der Waals surface area contributed by atoms with E-state index in [1.807, 2.05) is 24.3 Å². The Morgan fingerprint density at radius 2 is 1.70 bits per heavy atom.